The summed E-state index contributed by atoms with van der Waals surface area (Å²) in [7, 11) is 0. The predicted octanol–water partition coefficient (Wildman–Crippen LogP) is 2.24. The number of benzene rings is 3. The van der Waals surface area contributed by atoms with E-state index < -0.39 is 54.2 Å². The third-order valence-electron chi connectivity index (χ3n) is 11.7. The van der Waals surface area contributed by atoms with Crippen LogP contribution in [0.25, 0.3) is 0 Å². The number of hydrogen-bond donors (Lipinski definition) is 7. The molecule has 5 rings (SSSR count). The number of amides is 4. The lowest BCUT2D eigenvalue weighted by Gasteiger charge is -2.56. The molecule has 1 unspecified atom stereocenters. The summed E-state index contributed by atoms with van der Waals surface area (Å²) in [6, 6.07) is 24.7. The first kappa shape index (κ1) is 45.4. The summed E-state index contributed by atoms with van der Waals surface area (Å²) in [5.41, 5.74) is 21.4. The molecule has 0 saturated carbocycles. The highest BCUT2D eigenvalue weighted by Gasteiger charge is 2.48. The van der Waals surface area contributed by atoms with Gasteiger partial charge in [0.05, 0.1) is 6.04 Å². The van der Waals surface area contributed by atoms with E-state index in [-0.39, 0.29) is 23.7 Å². The minimum absolute atomic E-state index is 0.00629. The smallest absolute Gasteiger partial charge is 0.245 e. The van der Waals surface area contributed by atoms with Crippen LogP contribution in [0.4, 0.5) is 0 Å². The summed E-state index contributed by atoms with van der Waals surface area (Å²) in [5, 5.41) is 19.8. The second-order valence-corrected chi connectivity index (χ2v) is 17.1. The molecule has 3 aromatic rings. The fraction of sp³-hybridized carbons (Fsp3) is 0.522. The Hall–Kier alpha value is -4.66. The fourth-order valence-corrected chi connectivity index (χ4v) is 8.30. The van der Waals surface area contributed by atoms with E-state index in [2.05, 4.69) is 16.0 Å². The lowest BCUT2D eigenvalue weighted by Crippen LogP contribution is -2.66. The molecular weight excluding hydrogens is 745 g/mol. The van der Waals surface area contributed by atoms with Crippen molar-refractivity contribution in [3.8, 4) is 0 Å². The maximum Gasteiger partial charge on any atom is 0.245 e. The highest BCUT2D eigenvalue weighted by Crippen LogP contribution is 2.41. The van der Waals surface area contributed by atoms with Crippen LogP contribution in [-0.2, 0) is 38.4 Å². The van der Waals surface area contributed by atoms with Crippen molar-refractivity contribution in [3.05, 3.63) is 108 Å². The minimum Gasteiger partial charge on any atom is -0.377 e. The third-order valence-corrected chi connectivity index (χ3v) is 11.7. The Bertz CT molecular complexity index is 1770. The molecule has 13 nitrogen and oxygen atoms in total. The predicted molar refractivity (Wildman–Crippen MR) is 230 cm³/mol. The van der Waals surface area contributed by atoms with Crippen molar-refractivity contribution in [2.24, 2.45) is 28.5 Å². The number of nitrogens with two attached hydrogens (primary N) is 3. The average molecular weight is 811 g/mol. The number of rotatable bonds is 21. The van der Waals surface area contributed by atoms with E-state index in [1.165, 1.54) is 0 Å². The molecule has 59 heavy (non-hydrogen) atoms. The molecular formula is C46H66N8O5. The van der Waals surface area contributed by atoms with Gasteiger partial charge >= 0.3 is 0 Å². The van der Waals surface area contributed by atoms with E-state index in [1.807, 2.05) is 115 Å². The number of aliphatic hydroxyl groups is 1. The van der Waals surface area contributed by atoms with Gasteiger partial charge in [-0.15, -0.1) is 0 Å². The molecule has 6 atom stereocenters. The monoisotopic (exact) mass is 811 g/mol. The summed E-state index contributed by atoms with van der Waals surface area (Å²) >= 11 is 0. The number of carbonyl (C=O) groups is 4. The molecule has 320 valence electrons. The van der Waals surface area contributed by atoms with Crippen LogP contribution in [0.1, 0.15) is 69.1 Å². The largest absolute Gasteiger partial charge is 0.377 e. The van der Waals surface area contributed by atoms with Gasteiger partial charge in [0.25, 0.3) is 0 Å². The Balaban J connectivity index is 1.20. The van der Waals surface area contributed by atoms with Crippen LogP contribution in [0.15, 0.2) is 91.0 Å². The third kappa shape index (κ3) is 13.4. The molecule has 4 amide bonds. The number of piperidine rings is 1. The highest BCUT2D eigenvalue weighted by molar-refractivity contribution is 5.95. The maximum atomic E-state index is 14.1. The first-order valence-electron chi connectivity index (χ1n) is 21.3. The Kier molecular flexibility index (Phi) is 17.0. The molecule has 2 aliphatic rings. The van der Waals surface area contributed by atoms with E-state index in [1.54, 1.807) is 0 Å². The molecule has 3 aromatic carbocycles. The van der Waals surface area contributed by atoms with Crippen molar-refractivity contribution in [2.75, 3.05) is 32.7 Å². The number of nitrogens with one attached hydrogen (secondary N) is 3. The van der Waals surface area contributed by atoms with Crippen LogP contribution in [0, 0.1) is 11.3 Å². The van der Waals surface area contributed by atoms with Gasteiger partial charge in [0.15, 0.2) is 0 Å². The number of nitrogens with zero attached hydrogens (tertiary/aromatic N) is 2. The van der Waals surface area contributed by atoms with Crippen molar-refractivity contribution < 1.29 is 24.3 Å². The van der Waals surface area contributed by atoms with Gasteiger partial charge in [0, 0.05) is 38.6 Å². The summed E-state index contributed by atoms with van der Waals surface area (Å²) < 4.78 is 0. The van der Waals surface area contributed by atoms with E-state index in [9.17, 15) is 24.3 Å². The zero-order valence-corrected chi connectivity index (χ0v) is 34.8. The zero-order valence-electron chi connectivity index (χ0n) is 34.8. The maximum absolute atomic E-state index is 14.1. The second kappa shape index (κ2) is 22.1. The zero-order chi connectivity index (χ0) is 42.4. The standard InChI is InChI=1S/C46H66N8O5/c1-32(2)26-39(52-43(57)40(29-35-18-10-5-11-19-35)51-41(55)36(48)27-33-14-6-3-7-15-33)42(56)50-38(20-12-13-23-47)45(59)53-24-21-46(22-25-53)30-54(31-46)44(58)37(49)28-34-16-8-4-9-17-34/h3-11,14-19,32,36-40,44,58H,12-13,20-31,47-49H2,1-2H3,(H,50,56)(H,51,55)(H,52,57)/t36-,37-,38-,39-,40-,44?/m1/s1. The lowest BCUT2D eigenvalue weighted by atomic mass is 9.71. The Labute approximate surface area is 349 Å². The number of unbranched alkanes of at least 4 members (excludes halogenated alkanes) is 1. The van der Waals surface area contributed by atoms with Crippen molar-refractivity contribution >= 4 is 23.6 Å². The average Bonchev–Trinajstić information content (AvgIpc) is 3.22. The molecule has 13 heteroatoms. The van der Waals surface area contributed by atoms with Gasteiger partial charge in [-0.25, -0.2) is 0 Å². The molecule has 2 fully saturated rings. The fourth-order valence-electron chi connectivity index (χ4n) is 8.30. The Morgan fingerprint density at radius 1 is 0.678 bits per heavy atom. The molecule has 0 radical (unpaired) electrons. The molecule has 2 heterocycles. The van der Waals surface area contributed by atoms with Crippen LogP contribution in [0.3, 0.4) is 0 Å². The lowest BCUT2D eigenvalue weighted by molar-refractivity contribution is -0.152. The van der Waals surface area contributed by atoms with Gasteiger partial charge in [-0.3, -0.25) is 24.1 Å². The Morgan fingerprint density at radius 3 is 1.71 bits per heavy atom. The summed E-state index contributed by atoms with van der Waals surface area (Å²) in [6.07, 6.45) is 3.99. The van der Waals surface area contributed by atoms with E-state index in [0.717, 1.165) is 42.6 Å². The van der Waals surface area contributed by atoms with Crippen LogP contribution in [-0.4, -0.2) is 108 Å². The molecule has 2 aliphatic heterocycles. The van der Waals surface area contributed by atoms with Crippen LogP contribution in [0.5, 0.6) is 0 Å². The van der Waals surface area contributed by atoms with Crippen molar-refractivity contribution in [1.82, 2.24) is 25.8 Å². The molecule has 1 spiro atoms. The molecule has 0 aromatic heterocycles. The Morgan fingerprint density at radius 2 is 1.17 bits per heavy atom. The van der Waals surface area contributed by atoms with Crippen molar-refractivity contribution in [2.45, 2.75) is 108 Å². The first-order valence-corrected chi connectivity index (χ1v) is 21.3. The quantitative estimate of drug-likeness (QED) is 0.0787. The summed E-state index contributed by atoms with van der Waals surface area (Å²) in [5.74, 6) is -1.55. The molecule has 2 saturated heterocycles. The van der Waals surface area contributed by atoms with Gasteiger partial charge in [0.2, 0.25) is 23.6 Å². The summed E-state index contributed by atoms with van der Waals surface area (Å²) in [4.78, 5) is 59.6. The van der Waals surface area contributed by atoms with Gasteiger partial charge in [-0.05, 0) is 85.9 Å². The van der Waals surface area contributed by atoms with E-state index >= 15 is 0 Å². The van der Waals surface area contributed by atoms with Gasteiger partial charge in [0.1, 0.15) is 24.4 Å². The number of carbonyl (C=O) groups excluding carboxylic acids is 4. The SMILES string of the molecule is CC(C)C[C@@H](NC(=O)[C@@H](Cc1ccccc1)NC(=O)[C@H](N)Cc1ccccc1)C(=O)N[C@H](CCCCN)C(=O)N1CCC2(CC1)CN(C(O)[C@H](N)Cc1ccccc1)C2. The summed E-state index contributed by atoms with van der Waals surface area (Å²) in [6.45, 7) is 6.91. The molecule has 10 N–H and O–H groups in total. The number of likely N-dealkylation sites (tertiary alicyclic amines) is 2. The van der Waals surface area contributed by atoms with Gasteiger partial charge < -0.3 is 43.2 Å². The van der Waals surface area contributed by atoms with Crippen molar-refractivity contribution in [3.63, 3.8) is 0 Å². The van der Waals surface area contributed by atoms with Crippen LogP contribution >= 0.6 is 0 Å². The topological polar surface area (TPSA) is 209 Å². The minimum atomic E-state index is -1.00. The molecule has 0 aliphatic carbocycles. The van der Waals surface area contributed by atoms with E-state index in [4.69, 9.17) is 17.2 Å². The highest BCUT2D eigenvalue weighted by atomic mass is 16.3. The molecule has 0 bridgehead atoms. The number of hydrogen-bond acceptors (Lipinski definition) is 9. The van der Waals surface area contributed by atoms with E-state index in [0.29, 0.717) is 58.2 Å². The first-order chi connectivity index (χ1) is 28.4. The van der Waals surface area contributed by atoms with Gasteiger partial charge in [-0.2, -0.15) is 0 Å². The van der Waals surface area contributed by atoms with Crippen LogP contribution < -0.4 is 33.2 Å². The second-order valence-electron chi connectivity index (χ2n) is 17.1. The van der Waals surface area contributed by atoms with Gasteiger partial charge in [-0.1, -0.05) is 105 Å². The number of aliphatic hydroxyl groups excluding tert-OH is 1. The normalized spacial score (nSPS) is 18.2. The van der Waals surface area contributed by atoms with Crippen molar-refractivity contribution in [1.29, 1.82) is 0 Å². The van der Waals surface area contributed by atoms with Crippen LogP contribution in [0.2, 0.25) is 0 Å².